The molecule has 0 amide bonds. The third kappa shape index (κ3) is 4.07. The molecular weight excluding hydrogens is 320 g/mol. The van der Waals surface area contributed by atoms with E-state index in [1.165, 1.54) is 76.7 Å². The first-order valence-electron chi connectivity index (χ1n) is 9.51. The second-order valence-electron chi connectivity index (χ2n) is 7.84. The van der Waals surface area contributed by atoms with Gasteiger partial charge in [0.15, 0.2) is 0 Å². The Morgan fingerprint density at radius 2 is 1.83 bits per heavy atom. The molecule has 0 bridgehead atoms. The third-order valence-electron chi connectivity index (χ3n) is 6.14. The van der Waals surface area contributed by atoms with Gasteiger partial charge in [-0.05, 0) is 76.1 Å². The van der Waals surface area contributed by atoms with E-state index in [9.17, 15) is 0 Å². The number of nitrogens with zero attached hydrogens (tertiary/aromatic N) is 1. The molecule has 2 saturated heterocycles. The predicted molar refractivity (Wildman–Crippen MR) is 101 cm³/mol. The molecule has 1 aromatic rings. The predicted octanol–water partition coefficient (Wildman–Crippen LogP) is 4.01. The van der Waals surface area contributed by atoms with Crippen LogP contribution in [0.4, 0.5) is 0 Å². The smallest absolute Gasteiger partial charge is 0.124 e. The molecule has 1 aliphatic carbocycles. The van der Waals surface area contributed by atoms with E-state index < -0.39 is 0 Å². The van der Waals surface area contributed by atoms with Crippen molar-refractivity contribution in [2.45, 2.75) is 57.6 Å². The van der Waals surface area contributed by atoms with Crippen molar-refractivity contribution < 1.29 is 4.74 Å². The maximum absolute atomic E-state index is 6.32. The van der Waals surface area contributed by atoms with Crippen molar-refractivity contribution in [2.24, 2.45) is 5.41 Å². The summed E-state index contributed by atoms with van der Waals surface area (Å²) in [5, 5.41) is 3.51. The van der Waals surface area contributed by atoms with E-state index in [4.69, 9.17) is 4.74 Å². The SMILES string of the molecule is Cl.c1ccc(OC2CCCC2)c(CN2CCC3(CCNCC3)C2)c1. The number of hydrogen-bond acceptors (Lipinski definition) is 3. The molecule has 1 saturated carbocycles. The van der Waals surface area contributed by atoms with E-state index >= 15 is 0 Å². The van der Waals surface area contributed by atoms with Crippen LogP contribution < -0.4 is 10.1 Å². The third-order valence-corrected chi connectivity index (χ3v) is 6.14. The lowest BCUT2D eigenvalue weighted by molar-refractivity contribution is 0.187. The van der Waals surface area contributed by atoms with Crippen molar-refractivity contribution in [2.75, 3.05) is 26.2 Å². The number of benzene rings is 1. The van der Waals surface area contributed by atoms with Crippen LogP contribution in [0.25, 0.3) is 0 Å². The van der Waals surface area contributed by atoms with Gasteiger partial charge < -0.3 is 10.1 Å². The van der Waals surface area contributed by atoms with Crippen LogP contribution in [0, 0.1) is 5.41 Å². The molecule has 2 aliphatic heterocycles. The van der Waals surface area contributed by atoms with Crippen LogP contribution in [0.1, 0.15) is 50.5 Å². The molecule has 1 spiro atoms. The molecule has 4 heteroatoms. The van der Waals surface area contributed by atoms with E-state index in [0.29, 0.717) is 11.5 Å². The fourth-order valence-electron chi connectivity index (χ4n) is 4.70. The lowest BCUT2D eigenvalue weighted by Gasteiger charge is -2.34. The molecule has 3 fully saturated rings. The second-order valence-corrected chi connectivity index (χ2v) is 7.84. The Morgan fingerprint density at radius 1 is 1.08 bits per heavy atom. The lowest BCUT2D eigenvalue weighted by Crippen LogP contribution is -2.38. The Kier molecular flexibility index (Phi) is 6.07. The van der Waals surface area contributed by atoms with E-state index in [-0.39, 0.29) is 12.4 Å². The Labute approximate surface area is 152 Å². The number of nitrogens with one attached hydrogen (secondary N) is 1. The average Bonchev–Trinajstić information content (AvgIpc) is 3.21. The van der Waals surface area contributed by atoms with Gasteiger partial charge in [-0.15, -0.1) is 12.4 Å². The van der Waals surface area contributed by atoms with Crippen molar-refractivity contribution in [1.29, 1.82) is 0 Å². The van der Waals surface area contributed by atoms with Crippen molar-refractivity contribution in [1.82, 2.24) is 10.2 Å². The zero-order valence-corrected chi connectivity index (χ0v) is 15.5. The quantitative estimate of drug-likeness (QED) is 0.888. The first-order valence-corrected chi connectivity index (χ1v) is 9.51. The number of likely N-dealkylation sites (tertiary alicyclic amines) is 1. The van der Waals surface area contributed by atoms with Gasteiger partial charge in [-0.1, -0.05) is 18.2 Å². The summed E-state index contributed by atoms with van der Waals surface area (Å²) in [4.78, 5) is 2.65. The summed E-state index contributed by atoms with van der Waals surface area (Å²) in [5.74, 6) is 1.13. The van der Waals surface area contributed by atoms with Gasteiger partial charge in [-0.25, -0.2) is 0 Å². The number of hydrogen-bond donors (Lipinski definition) is 1. The number of halogens is 1. The highest BCUT2D eigenvalue weighted by molar-refractivity contribution is 5.85. The zero-order valence-electron chi connectivity index (χ0n) is 14.6. The van der Waals surface area contributed by atoms with Crippen molar-refractivity contribution >= 4 is 12.4 Å². The van der Waals surface area contributed by atoms with Gasteiger partial charge in [0.1, 0.15) is 5.75 Å². The molecule has 0 atom stereocenters. The Balaban J connectivity index is 0.00000169. The van der Waals surface area contributed by atoms with Crippen LogP contribution in [-0.2, 0) is 6.54 Å². The molecule has 134 valence electrons. The molecule has 0 aromatic heterocycles. The number of para-hydroxylation sites is 1. The van der Waals surface area contributed by atoms with Gasteiger partial charge in [0.25, 0.3) is 0 Å². The van der Waals surface area contributed by atoms with Crippen molar-refractivity contribution in [3.63, 3.8) is 0 Å². The molecule has 2 heterocycles. The van der Waals surface area contributed by atoms with E-state index in [2.05, 4.69) is 34.5 Å². The molecular formula is C20H31ClN2O. The summed E-state index contributed by atoms with van der Waals surface area (Å²) in [6.45, 7) is 5.98. The van der Waals surface area contributed by atoms with Gasteiger partial charge in [0, 0.05) is 18.7 Å². The number of ether oxygens (including phenoxy) is 1. The van der Waals surface area contributed by atoms with E-state index in [1.54, 1.807) is 0 Å². The molecule has 1 N–H and O–H groups in total. The summed E-state index contributed by atoms with van der Waals surface area (Å²) in [7, 11) is 0. The zero-order chi connectivity index (χ0) is 15.5. The molecule has 1 aromatic carbocycles. The van der Waals surface area contributed by atoms with Crippen molar-refractivity contribution in [3.05, 3.63) is 29.8 Å². The minimum absolute atomic E-state index is 0. The maximum atomic E-state index is 6.32. The van der Waals surface area contributed by atoms with Crippen LogP contribution in [0.3, 0.4) is 0 Å². The largest absolute Gasteiger partial charge is 0.490 e. The summed E-state index contributed by atoms with van der Waals surface area (Å²) in [5.41, 5.74) is 1.97. The summed E-state index contributed by atoms with van der Waals surface area (Å²) in [6.07, 6.45) is 9.65. The van der Waals surface area contributed by atoms with Crippen LogP contribution >= 0.6 is 12.4 Å². The number of piperidine rings is 1. The Bertz CT molecular complexity index is 524. The normalized spacial score (nSPS) is 24.2. The minimum atomic E-state index is 0. The second kappa shape index (κ2) is 8.07. The van der Waals surface area contributed by atoms with Gasteiger partial charge in [0.2, 0.25) is 0 Å². The fourth-order valence-corrected chi connectivity index (χ4v) is 4.70. The average molecular weight is 351 g/mol. The minimum Gasteiger partial charge on any atom is -0.490 e. The van der Waals surface area contributed by atoms with Crippen LogP contribution in [0.15, 0.2) is 24.3 Å². The molecule has 3 nitrogen and oxygen atoms in total. The molecule has 3 aliphatic rings. The van der Waals surface area contributed by atoms with Crippen LogP contribution in [-0.4, -0.2) is 37.2 Å². The Morgan fingerprint density at radius 3 is 2.62 bits per heavy atom. The van der Waals surface area contributed by atoms with Crippen LogP contribution in [0.5, 0.6) is 5.75 Å². The van der Waals surface area contributed by atoms with Gasteiger partial charge in [-0.3, -0.25) is 4.90 Å². The number of rotatable bonds is 4. The standard InChI is InChI=1S/C20H30N2O.ClH/c1-4-8-19(23-18-6-2-3-7-18)17(5-1)15-22-14-11-20(16-22)9-12-21-13-10-20;/h1,4-5,8,18,21H,2-3,6-7,9-16H2;1H. The fraction of sp³-hybridized carbons (Fsp3) is 0.700. The summed E-state index contributed by atoms with van der Waals surface area (Å²) in [6, 6.07) is 8.71. The highest BCUT2D eigenvalue weighted by Crippen LogP contribution is 2.39. The first kappa shape index (κ1) is 18.0. The molecule has 24 heavy (non-hydrogen) atoms. The molecule has 4 rings (SSSR count). The van der Waals surface area contributed by atoms with Gasteiger partial charge >= 0.3 is 0 Å². The van der Waals surface area contributed by atoms with E-state index in [0.717, 1.165) is 12.3 Å². The first-order chi connectivity index (χ1) is 11.3. The molecule has 0 unspecified atom stereocenters. The summed E-state index contributed by atoms with van der Waals surface area (Å²) >= 11 is 0. The van der Waals surface area contributed by atoms with Gasteiger partial charge in [0.05, 0.1) is 6.10 Å². The topological polar surface area (TPSA) is 24.5 Å². The van der Waals surface area contributed by atoms with E-state index in [1.807, 2.05) is 0 Å². The highest BCUT2D eigenvalue weighted by Gasteiger charge is 2.38. The monoisotopic (exact) mass is 350 g/mol. The van der Waals surface area contributed by atoms with Crippen LogP contribution in [0.2, 0.25) is 0 Å². The lowest BCUT2D eigenvalue weighted by atomic mass is 9.78. The highest BCUT2D eigenvalue weighted by atomic mass is 35.5. The van der Waals surface area contributed by atoms with Gasteiger partial charge in [-0.2, -0.15) is 0 Å². The maximum Gasteiger partial charge on any atom is 0.124 e. The molecule has 0 radical (unpaired) electrons. The Hall–Kier alpha value is -0.770. The van der Waals surface area contributed by atoms with Crippen molar-refractivity contribution in [3.8, 4) is 5.75 Å². The summed E-state index contributed by atoms with van der Waals surface area (Å²) < 4.78 is 6.32.